The molecule has 0 saturated carbocycles. The Bertz CT molecular complexity index is 609. The maximum absolute atomic E-state index is 11.9. The van der Waals surface area contributed by atoms with Gasteiger partial charge in [-0.2, -0.15) is 0 Å². The number of rotatable bonds is 3. The Morgan fingerprint density at radius 1 is 1.44 bits per heavy atom. The minimum absolute atomic E-state index is 0.127. The SMILES string of the molecule is Cc1csc(NC(=O)c2ncccc2C(=O)O)n1. The van der Waals surface area contributed by atoms with Crippen LogP contribution in [-0.2, 0) is 0 Å². The minimum Gasteiger partial charge on any atom is -0.478 e. The smallest absolute Gasteiger partial charge is 0.338 e. The summed E-state index contributed by atoms with van der Waals surface area (Å²) in [4.78, 5) is 30.7. The number of amides is 1. The van der Waals surface area contributed by atoms with Crippen LogP contribution in [0.15, 0.2) is 23.7 Å². The predicted octanol–water partition coefficient (Wildman–Crippen LogP) is 1.80. The lowest BCUT2D eigenvalue weighted by Crippen LogP contribution is -2.18. The number of hydrogen-bond donors (Lipinski definition) is 2. The molecule has 18 heavy (non-hydrogen) atoms. The number of aryl methyl sites for hydroxylation is 1. The van der Waals surface area contributed by atoms with Gasteiger partial charge in [0.25, 0.3) is 5.91 Å². The first-order valence-electron chi connectivity index (χ1n) is 4.99. The molecule has 0 aliphatic rings. The summed E-state index contributed by atoms with van der Waals surface area (Å²) in [7, 11) is 0. The van der Waals surface area contributed by atoms with Gasteiger partial charge in [-0.25, -0.2) is 9.78 Å². The van der Waals surface area contributed by atoms with Crippen LogP contribution >= 0.6 is 11.3 Å². The molecule has 0 aromatic carbocycles. The van der Waals surface area contributed by atoms with Gasteiger partial charge >= 0.3 is 5.97 Å². The van der Waals surface area contributed by atoms with Crippen LogP contribution in [0.5, 0.6) is 0 Å². The Morgan fingerprint density at radius 2 is 2.22 bits per heavy atom. The number of carboxylic acid groups (broad SMARTS) is 1. The van der Waals surface area contributed by atoms with E-state index in [0.717, 1.165) is 5.69 Å². The maximum Gasteiger partial charge on any atom is 0.338 e. The summed E-state index contributed by atoms with van der Waals surface area (Å²) in [6.45, 7) is 1.80. The lowest BCUT2D eigenvalue weighted by molar-refractivity contribution is 0.0691. The van der Waals surface area contributed by atoms with Gasteiger partial charge in [-0.1, -0.05) is 0 Å². The number of carboxylic acids is 1. The van der Waals surface area contributed by atoms with Crippen molar-refractivity contribution in [1.29, 1.82) is 0 Å². The highest BCUT2D eigenvalue weighted by Crippen LogP contribution is 2.16. The molecule has 0 saturated heterocycles. The van der Waals surface area contributed by atoms with Crippen molar-refractivity contribution in [1.82, 2.24) is 9.97 Å². The Hall–Kier alpha value is -2.28. The Kier molecular flexibility index (Phi) is 3.33. The van der Waals surface area contributed by atoms with Crippen LogP contribution in [0.4, 0.5) is 5.13 Å². The molecule has 2 N–H and O–H groups in total. The highest BCUT2D eigenvalue weighted by molar-refractivity contribution is 7.13. The van der Waals surface area contributed by atoms with Crippen molar-refractivity contribution in [3.8, 4) is 0 Å². The molecule has 2 rings (SSSR count). The van der Waals surface area contributed by atoms with Crippen LogP contribution < -0.4 is 5.32 Å². The van der Waals surface area contributed by atoms with Gasteiger partial charge in [0.2, 0.25) is 0 Å². The van der Waals surface area contributed by atoms with E-state index < -0.39 is 11.9 Å². The number of thiazole rings is 1. The molecule has 0 bridgehead atoms. The van der Waals surface area contributed by atoms with Gasteiger partial charge in [-0.15, -0.1) is 11.3 Å². The molecule has 0 spiro atoms. The fourth-order valence-electron chi connectivity index (χ4n) is 1.33. The third-order valence-electron chi connectivity index (χ3n) is 2.09. The maximum atomic E-state index is 11.9. The first kappa shape index (κ1) is 12.2. The quantitative estimate of drug-likeness (QED) is 0.880. The lowest BCUT2D eigenvalue weighted by atomic mass is 10.2. The fourth-order valence-corrected chi connectivity index (χ4v) is 2.01. The number of anilines is 1. The van der Waals surface area contributed by atoms with E-state index in [1.807, 2.05) is 0 Å². The van der Waals surface area contributed by atoms with Crippen LogP contribution in [0.25, 0.3) is 0 Å². The molecule has 7 heteroatoms. The van der Waals surface area contributed by atoms with Crippen molar-refractivity contribution in [2.45, 2.75) is 6.92 Å². The molecule has 2 heterocycles. The molecule has 0 fully saturated rings. The lowest BCUT2D eigenvalue weighted by Gasteiger charge is -2.03. The number of pyridine rings is 1. The van der Waals surface area contributed by atoms with E-state index in [-0.39, 0.29) is 11.3 Å². The van der Waals surface area contributed by atoms with E-state index in [1.165, 1.54) is 29.7 Å². The zero-order valence-corrected chi connectivity index (χ0v) is 10.2. The molecule has 0 atom stereocenters. The van der Waals surface area contributed by atoms with Gasteiger partial charge < -0.3 is 5.11 Å². The van der Waals surface area contributed by atoms with Crippen molar-refractivity contribution >= 4 is 28.3 Å². The van der Waals surface area contributed by atoms with E-state index in [2.05, 4.69) is 15.3 Å². The molecule has 2 aromatic rings. The van der Waals surface area contributed by atoms with Crippen LogP contribution in [-0.4, -0.2) is 27.0 Å². The number of carbonyl (C=O) groups excluding carboxylic acids is 1. The molecule has 1 amide bonds. The number of nitrogens with zero attached hydrogens (tertiary/aromatic N) is 2. The molecular weight excluding hydrogens is 254 g/mol. The topological polar surface area (TPSA) is 92.2 Å². The van der Waals surface area contributed by atoms with E-state index in [9.17, 15) is 9.59 Å². The van der Waals surface area contributed by atoms with Crippen molar-refractivity contribution in [3.63, 3.8) is 0 Å². The largest absolute Gasteiger partial charge is 0.478 e. The number of carbonyl (C=O) groups is 2. The summed E-state index contributed by atoms with van der Waals surface area (Å²) in [6, 6.07) is 2.80. The number of aromatic nitrogens is 2. The third kappa shape index (κ3) is 2.51. The van der Waals surface area contributed by atoms with Crippen molar-refractivity contribution < 1.29 is 14.7 Å². The molecule has 6 nitrogen and oxygen atoms in total. The van der Waals surface area contributed by atoms with Crippen molar-refractivity contribution in [3.05, 3.63) is 40.7 Å². The zero-order chi connectivity index (χ0) is 13.1. The van der Waals surface area contributed by atoms with Crippen molar-refractivity contribution in [2.75, 3.05) is 5.32 Å². The van der Waals surface area contributed by atoms with Gasteiger partial charge in [-0.3, -0.25) is 15.1 Å². The molecule has 0 aliphatic heterocycles. The third-order valence-corrected chi connectivity index (χ3v) is 2.97. The second-order valence-electron chi connectivity index (χ2n) is 3.45. The highest BCUT2D eigenvalue weighted by Gasteiger charge is 2.18. The molecule has 2 aromatic heterocycles. The number of hydrogen-bond acceptors (Lipinski definition) is 5. The van der Waals surface area contributed by atoms with Gasteiger partial charge in [-0.05, 0) is 19.1 Å². The van der Waals surface area contributed by atoms with Gasteiger partial charge in [0.1, 0.15) is 5.69 Å². The van der Waals surface area contributed by atoms with E-state index in [1.54, 1.807) is 12.3 Å². The molecular formula is C11H9N3O3S. The average Bonchev–Trinajstić information content (AvgIpc) is 2.74. The highest BCUT2D eigenvalue weighted by atomic mass is 32.1. The van der Waals surface area contributed by atoms with Gasteiger partial charge in [0.15, 0.2) is 5.13 Å². The minimum atomic E-state index is -1.19. The summed E-state index contributed by atoms with van der Waals surface area (Å²) >= 11 is 1.27. The normalized spacial score (nSPS) is 10.1. The molecule has 0 unspecified atom stereocenters. The standard InChI is InChI=1S/C11H9N3O3S/c1-6-5-18-11(13-6)14-9(15)8-7(10(16)17)3-2-4-12-8/h2-5H,1H3,(H,16,17)(H,13,14,15). The first-order valence-corrected chi connectivity index (χ1v) is 5.87. The fraction of sp³-hybridized carbons (Fsp3) is 0.0909. The number of nitrogens with one attached hydrogen (secondary N) is 1. The second-order valence-corrected chi connectivity index (χ2v) is 4.31. The summed E-state index contributed by atoms with van der Waals surface area (Å²) in [5.41, 5.74) is 0.524. The van der Waals surface area contributed by atoms with Crippen LogP contribution in [0.1, 0.15) is 26.5 Å². The Morgan fingerprint density at radius 3 is 2.83 bits per heavy atom. The van der Waals surface area contributed by atoms with Gasteiger partial charge in [0, 0.05) is 11.6 Å². The summed E-state index contributed by atoms with van der Waals surface area (Å²) < 4.78 is 0. The summed E-state index contributed by atoms with van der Waals surface area (Å²) in [5, 5.41) is 13.7. The van der Waals surface area contributed by atoms with Crippen molar-refractivity contribution in [2.24, 2.45) is 0 Å². The molecule has 0 aliphatic carbocycles. The Balaban J connectivity index is 2.26. The Labute approximate surface area is 106 Å². The van der Waals surface area contributed by atoms with Crippen LogP contribution in [0.3, 0.4) is 0 Å². The second kappa shape index (κ2) is 4.92. The average molecular weight is 263 g/mol. The first-order chi connectivity index (χ1) is 8.58. The monoisotopic (exact) mass is 263 g/mol. The molecule has 92 valence electrons. The summed E-state index contributed by atoms with van der Waals surface area (Å²) in [5.74, 6) is -1.77. The predicted molar refractivity (Wildman–Crippen MR) is 66.0 cm³/mol. The zero-order valence-electron chi connectivity index (χ0n) is 9.38. The molecule has 0 radical (unpaired) electrons. The van der Waals surface area contributed by atoms with Crippen LogP contribution in [0, 0.1) is 6.92 Å². The van der Waals surface area contributed by atoms with E-state index >= 15 is 0 Å². The van der Waals surface area contributed by atoms with Gasteiger partial charge in [0.05, 0.1) is 11.3 Å². The van der Waals surface area contributed by atoms with E-state index in [0.29, 0.717) is 5.13 Å². The van der Waals surface area contributed by atoms with Crippen LogP contribution in [0.2, 0.25) is 0 Å². The van der Waals surface area contributed by atoms with E-state index in [4.69, 9.17) is 5.11 Å². The summed E-state index contributed by atoms with van der Waals surface area (Å²) in [6.07, 6.45) is 1.37. The number of aromatic carboxylic acids is 1.